The van der Waals surface area contributed by atoms with Crippen molar-refractivity contribution in [1.82, 2.24) is 4.98 Å². The maximum absolute atomic E-state index is 4.38. The summed E-state index contributed by atoms with van der Waals surface area (Å²) in [6.45, 7) is 6.52. The Labute approximate surface area is 79.5 Å². The Bertz CT molecular complexity index is 364. The van der Waals surface area contributed by atoms with E-state index in [-0.39, 0.29) is 0 Å². The van der Waals surface area contributed by atoms with Crippen LogP contribution in [0, 0.1) is 13.8 Å². The van der Waals surface area contributed by atoms with Crippen molar-refractivity contribution in [3.63, 3.8) is 0 Å². The molecule has 1 aromatic heterocycles. The molecule has 0 spiro atoms. The number of hydrogen-bond donors (Lipinski definition) is 0. The number of nitrogens with zero attached hydrogens (tertiary/aromatic N) is 1. The van der Waals surface area contributed by atoms with Crippen molar-refractivity contribution < 1.29 is 0 Å². The molecule has 2 rings (SSSR count). The summed E-state index contributed by atoms with van der Waals surface area (Å²) < 4.78 is 0. The van der Waals surface area contributed by atoms with E-state index in [0.717, 1.165) is 12.1 Å². The van der Waals surface area contributed by atoms with E-state index in [2.05, 4.69) is 37.9 Å². The zero-order chi connectivity index (χ0) is 9.42. The second-order valence-corrected chi connectivity index (χ2v) is 3.89. The van der Waals surface area contributed by atoms with Crippen molar-refractivity contribution >= 4 is 6.08 Å². The minimum Gasteiger partial charge on any atom is -0.261 e. The van der Waals surface area contributed by atoms with Gasteiger partial charge in [0.1, 0.15) is 0 Å². The van der Waals surface area contributed by atoms with Gasteiger partial charge in [-0.2, -0.15) is 0 Å². The first-order chi connectivity index (χ1) is 6.20. The van der Waals surface area contributed by atoms with Gasteiger partial charge in [0.05, 0.1) is 0 Å². The van der Waals surface area contributed by atoms with Crippen molar-refractivity contribution in [1.29, 1.82) is 0 Å². The molecule has 13 heavy (non-hydrogen) atoms. The van der Waals surface area contributed by atoms with E-state index in [1.165, 1.54) is 16.7 Å². The normalized spacial score (nSPS) is 20.1. The minimum absolute atomic E-state index is 0.654. The molecule has 1 nitrogen and oxygen atoms in total. The number of hydrogen-bond acceptors (Lipinski definition) is 1. The topological polar surface area (TPSA) is 12.9 Å². The Balaban J connectivity index is 2.69. The molecule has 1 heteroatoms. The zero-order valence-electron chi connectivity index (χ0n) is 8.46. The van der Waals surface area contributed by atoms with Gasteiger partial charge in [-0.25, -0.2) is 0 Å². The molecule has 0 fully saturated rings. The van der Waals surface area contributed by atoms with Gasteiger partial charge in [-0.3, -0.25) is 4.98 Å². The number of pyridine rings is 1. The van der Waals surface area contributed by atoms with Crippen LogP contribution in [0.25, 0.3) is 6.08 Å². The molecule has 1 aliphatic rings. The van der Waals surface area contributed by atoms with Crippen molar-refractivity contribution in [3.8, 4) is 0 Å². The van der Waals surface area contributed by atoms with Crippen LogP contribution in [-0.2, 0) is 0 Å². The molecular weight excluding hydrogens is 158 g/mol. The Morgan fingerprint density at radius 1 is 1.38 bits per heavy atom. The summed E-state index contributed by atoms with van der Waals surface area (Å²) in [4.78, 5) is 4.38. The second kappa shape index (κ2) is 2.99. The predicted molar refractivity (Wildman–Crippen MR) is 55.8 cm³/mol. The first-order valence-electron chi connectivity index (χ1n) is 4.83. The van der Waals surface area contributed by atoms with Crippen LogP contribution in [0.3, 0.4) is 0 Å². The average molecular weight is 173 g/mol. The van der Waals surface area contributed by atoms with Crippen LogP contribution in [0.5, 0.6) is 0 Å². The Hall–Kier alpha value is -1.11. The van der Waals surface area contributed by atoms with E-state index >= 15 is 0 Å². The van der Waals surface area contributed by atoms with E-state index in [9.17, 15) is 0 Å². The van der Waals surface area contributed by atoms with Gasteiger partial charge in [0.2, 0.25) is 0 Å². The number of rotatable bonds is 0. The molecule has 0 saturated heterocycles. The smallest absolute Gasteiger partial charge is 0.0447 e. The summed E-state index contributed by atoms with van der Waals surface area (Å²) in [5.41, 5.74) is 5.33. The SMILES string of the molecule is Cc1cnc(C)c2c1C(C)CC=C2. The van der Waals surface area contributed by atoms with Crippen LogP contribution in [0.4, 0.5) is 0 Å². The lowest BCUT2D eigenvalue weighted by atomic mass is 9.85. The second-order valence-electron chi connectivity index (χ2n) is 3.89. The van der Waals surface area contributed by atoms with Crippen molar-refractivity contribution in [2.24, 2.45) is 0 Å². The van der Waals surface area contributed by atoms with Gasteiger partial charge in [0, 0.05) is 11.9 Å². The monoisotopic (exact) mass is 173 g/mol. The van der Waals surface area contributed by atoms with Gasteiger partial charge in [-0.1, -0.05) is 19.1 Å². The lowest BCUT2D eigenvalue weighted by molar-refractivity contribution is 0.758. The third-order valence-corrected chi connectivity index (χ3v) is 2.82. The quantitative estimate of drug-likeness (QED) is 0.587. The van der Waals surface area contributed by atoms with Crippen LogP contribution in [-0.4, -0.2) is 4.98 Å². The molecule has 0 N–H and O–H groups in total. The molecule has 1 atom stereocenters. The third kappa shape index (κ3) is 1.28. The molecule has 0 radical (unpaired) electrons. The van der Waals surface area contributed by atoms with Gasteiger partial charge in [-0.05, 0) is 42.9 Å². The highest BCUT2D eigenvalue weighted by molar-refractivity contribution is 5.61. The number of fused-ring (bicyclic) bond motifs is 1. The molecule has 0 aromatic carbocycles. The molecule has 1 aromatic rings. The van der Waals surface area contributed by atoms with Crippen LogP contribution < -0.4 is 0 Å². The van der Waals surface area contributed by atoms with E-state index in [1.54, 1.807) is 0 Å². The van der Waals surface area contributed by atoms with Gasteiger partial charge >= 0.3 is 0 Å². The minimum atomic E-state index is 0.654. The van der Waals surface area contributed by atoms with E-state index < -0.39 is 0 Å². The largest absolute Gasteiger partial charge is 0.261 e. The van der Waals surface area contributed by atoms with Gasteiger partial charge in [0.25, 0.3) is 0 Å². The summed E-state index contributed by atoms with van der Waals surface area (Å²) in [6, 6.07) is 0. The maximum Gasteiger partial charge on any atom is 0.0447 e. The van der Waals surface area contributed by atoms with Crippen LogP contribution in [0.1, 0.15) is 41.6 Å². The molecule has 1 aliphatic carbocycles. The molecule has 68 valence electrons. The third-order valence-electron chi connectivity index (χ3n) is 2.82. The van der Waals surface area contributed by atoms with E-state index in [0.29, 0.717) is 5.92 Å². The number of allylic oxidation sites excluding steroid dienone is 1. The molecule has 0 saturated carbocycles. The number of aromatic nitrogens is 1. The van der Waals surface area contributed by atoms with Crippen molar-refractivity contribution in [2.45, 2.75) is 33.1 Å². The number of aryl methyl sites for hydroxylation is 2. The molecule has 0 aliphatic heterocycles. The Morgan fingerprint density at radius 2 is 2.15 bits per heavy atom. The lowest BCUT2D eigenvalue weighted by Gasteiger charge is -2.21. The predicted octanol–water partition coefficient (Wildman–Crippen LogP) is 3.22. The van der Waals surface area contributed by atoms with Crippen LogP contribution >= 0.6 is 0 Å². The molecule has 1 unspecified atom stereocenters. The maximum atomic E-state index is 4.38. The molecule has 0 amide bonds. The first-order valence-corrected chi connectivity index (χ1v) is 4.83. The lowest BCUT2D eigenvalue weighted by Crippen LogP contribution is -2.05. The molecular formula is C12H15N. The Morgan fingerprint density at radius 3 is 2.85 bits per heavy atom. The molecule has 0 bridgehead atoms. The summed E-state index contributed by atoms with van der Waals surface area (Å²) in [6.07, 6.45) is 7.62. The summed E-state index contributed by atoms with van der Waals surface area (Å²) >= 11 is 0. The van der Waals surface area contributed by atoms with Crippen LogP contribution in [0.2, 0.25) is 0 Å². The fourth-order valence-electron chi connectivity index (χ4n) is 2.11. The standard InChI is InChI=1S/C12H15N/c1-8-5-4-6-11-10(3)13-7-9(2)12(8)11/h4,6-8H,5H2,1-3H3. The van der Waals surface area contributed by atoms with E-state index in [4.69, 9.17) is 0 Å². The van der Waals surface area contributed by atoms with Crippen LogP contribution in [0.15, 0.2) is 12.3 Å². The van der Waals surface area contributed by atoms with Gasteiger partial charge in [0.15, 0.2) is 0 Å². The summed E-state index contributed by atoms with van der Waals surface area (Å²) in [5.74, 6) is 0.654. The Kier molecular flexibility index (Phi) is 1.95. The fraction of sp³-hybridized carbons (Fsp3) is 0.417. The highest BCUT2D eigenvalue weighted by Gasteiger charge is 2.16. The van der Waals surface area contributed by atoms with Crippen molar-refractivity contribution in [3.05, 3.63) is 34.7 Å². The van der Waals surface area contributed by atoms with Gasteiger partial charge < -0.3 is 0 Å². The molecule has 1 heterocycles. The first kappa shape index (κ1) is 8.49. The zero-order valence-corrected chi connectivity index (χ0v) is 8.46. The van der Waals surface area contributed by atoms with Gasteiger partial charge in [-0.15, -0.1) is 0 Å². The summed E-state index contributed by atoms with van der Waals surface area (Å²) in [5, 5.41) is 0. The average Bonchev–Trinajstić information content (AvgIpc) is 2.12. The highest BCUT2D eigenvalue weighted by Crippen LogP contribution is 2.32. The summed E-state index contributed by atoms with van der Waals surface area (Å²) in [7, 11) is 0. The fourth-order valence-corrected chi connectivity index (χ4v) is 2.11. The van der Waals surface area contributed by atoms with E-state index in [1.807, 2.05) is 6.20 Å². The van der Waals surface area contributed by atoms with Crippen molar-refractivity contribution in [2.75, 3.05) is 0 Å². The highest BCUT2D eigenvalue weighted by atomic mass is 14.7.